The number of hydrogen-bond donors (Lipinski definition) is 0. The fraction of sp³-hybridized carbons (Fsp3) is 0.217. The predicted molar refractivity (Wildman–Crippen MR) is 117 cm³/mol. The highest BCUT2D eigenvalue weighted by Crippen LogP contribution is 2.30. The lowest BCUT2D eigenvalue weighted by Gasteiger charge is -2.19. The van der Waals surface area contributed by atoms with E-state index >= 15 is 0 Å². The van der Waals surface area contributed by atoms with Crippen molar-refractivity contribution in [2.45, 2.75) is 29.1 Å². The Kier molecular flexibility index (Phi) is 7.12. The largest absolute Gasteiger partial charge is 0.296 e. The van der Waals surface area contributed by atoms with Crippen molar-refractivity contribution in [2.75, 3.05) is 12.9 Å². The van der Waals surface area contributed by atoms with Crippen molar-refractivity contribution < 1.29 is 29.8 Å². The summed E-state index contributed by atoms with van der Waals surface area (Å²) in [6, 6.07) is 15.1. The van der Waals surface area contributed by atoms with Crippen LogP contribution in [0, 0.1) is 18.6 Å². The summed E-state index contributed by atoms with van der Waals surface area (Å²) in [5, 5.41) is 0. The number of hydrogen-bond acceptors (Lipinski definition) is 5. The minimum Gasteiger partial charge on any atom is -0.266 e. The summed E-state index contributed by atoms with van der Waals surface area (Å²) >= 11 is 0. The molecular formula is C23H22F2O5S2. The van der Waals surface area contributed by atoms with Gasteiger partial charge in [-0.25, -0.2) is 17.2 Å². The second kappa shape index (κ2) is 9.48. The molecule has 0 bridgehead atoms. The van der Waals surface area contributed by atoms with Gasteiger partial charge in [-0.05, 0) is 60.9 Å². The van der Waals surface area contributed by atoms with Crippen LogP contribution in [-0.4, -0.2) is 29.7 Å². The van der Waals surface area contributed by atoms with Gasteiger partial charge in [-0.1, -0.05) is 29.8 Å². The Morgan fingerprint density at radius 2 is 1.31 bits per heavy atom. The molecule has 0 N–H and O–H groups in total. The van der Waals surface area contributed by atoms with E-state index in [4.69, 9.17) is 4.18 Å². The zero-order valence-corrected chi connectivity index (χ0v) is 19.1. The van der Waals surface area contributed by atoms with Crippen LogP contribution in [0.3, 0.4) is 0 Å². The Balaban J connectivity index is 1.87. The summed E-state index contributed by atoms with van der Waals surface area (Å²) in [5.41, 5.74) is 1.75. The second-order valence-electron chi connectivity index (χ2n) is 7.47. The molecule has 3 aromatic carbocycles. The van der Waals surface area contributed by atoms with Crippen LogP contribution < -0.4 is 0 Å². The topological polar surface area (TPSA) is 77.5 Å². The minimum atomic E-state index is -4.01. The first-order valence-electron chi connectivity index (χ1n) is 9.68. The molecule has 170 valence electrons. The zero-order chi connectivity index (χ0) is 23.5. The Hall–Kier alpha value is -2.62. The van der Waals surface area contributed by atoms with Crippen molar-refractivity contribution in [1.82, 2.24) is 0 Å². The van der Waals surface area contributed by atoms with Crippen molar-refractivity contribution in [3.05, 3.63) is 95.1 Å². The average Bonchev–Trinajstić information content (AvgIpc) is 2.70. The van der Waals surface area contributed by atoms with E-state index in [1.807, 2.05) is 6.92 Å². The first kappa shape index (κ1) is 24.0. The van der Waals surface area contributed by atoms with Crippen LogP contribution in [0.4, 0.5) is 8.78 Å². The maximum Gasteiger partial charge on any atom is 0.296 e. The monoisotopic (exact) mass is 480 g/mol. The fourth-order valence-corrected chi connectivity index (χ4v) is 4.85. The number of sulfone groups is 1. The molecule has 0 aliphatic heterocycles. The third-order valence-corrected chi connectivity index (χ3v) is 7.41. The van der Waals surface area contributed by atoms with E-state index in [0.717, 1.165) is 30.0 Å². The standard InChI is InChI=1S/C23H22F2O5S2/c1-16-3-7-22(8-4-16)32(28,29)30-12-11-23(18-13-19(24)15-20(25)14-18)17-5-9-21(10-6-17)31(2,26)27/h3-10,13-15,23H,11-12H2,1-2H3. The lowest BCUT2D eigenvalue weighted by molar-refractivity contribution is 0.305. The molecular weight excluding hydrogens is 458 g/mol. The van der Waals surface area contributed by atoms with Gasteiger partial charge >= 0.3 is 0 Å². The molecule has 0 saturated carbocycles. The van der Waals surface area contributed by atoms with Crippen LogP contribution >= 0.6 is 0 Å². The molecule has 0 amide bonds. The SMILES string of the molecule is Cc1ccc(S(=O)(=O)OCCC(c2ccc(S(C)(=O)=O)cc2)c2cc(F)cc(F)c2)cc1. The number of halogens is 2. The van der Waals surface area contributed by atoms with Gasteiger partial charge in [-0.15, -0.1) is 0 Å². The lowest BCUT2D eigenvalue weighted by Crippen LogP contribution is -2.12. The van der Waals surface area contributed by atoms with Gasteiger partial charge in [0, 0.05) is 18.2 Å². The number of aryl methyl sites for hydroxylation is 1. The molecule has 32 heavy (non-hydrogen) atoms. The third-order valence-electron chi connectivity index (χ3n) is 4.95. The molecule has 0 aliphatic rings. The molecule has 3 rings (SSSR count). The first-order chi connectivity index (χ1) is 15.0. The molecule has 0 heterocycles. The van der Waals surface area contributed by atoms with Crippen molar-refractivity contribution in [3.8, 4) is 0 Å². The van der Waals surface area contributed by atoms with Gasteiger partial charge in [-0.2, -0.15) is 8.42 Å². The highest BCUT2D eigenvalue weighted by atomic mass is 32.2. The summed E-state index contributed by atoms with van der Waals surface area (Å²) in [5.74, 6) is -2.17. The molecule has 3 aromatic rings. The molecule has 0 aliphatic carbocycles. The molecule has 5 nitrogen and oxygen atoms in total. The summed E-state index contributed by atoms with van der Waals surface area (Å²) in [6.45, 7) is 1.59. The van der Waals surface area contributed by atoms with E-state index in [1.54, 1.807) is 24.3 Å². The molecule has 0 radical (unpaired) electrons. The van der Waals surface area contributed by atoms with E-state index in [0.29, 0.717) is 5.56 Å². The quantitative estimate of drug-likeness (QED) is 0.440. The maximum atomic E-state index is 13.8. The van der Waals surface area contributed by atoms with E-state index < -0.39 is 37.5 Å². The lowest BCUT2D eigenvalue weighted by atomic mass is 9.89. The van der Waals surface area contributed by atoms with Crippen molar-refractivity contribution in [3.63, 3.8) is 0 Å². The van der Waals surface area contributed by atoms with Gasteiger partial charge in [0.05, 0.1) is 16.4 Å². The summed E-state index contributed by atoms with van der Waals surface area (Å²) in [6.07, 6.45) is 1.16. The molecule has 1 unspecified atom stereocenters. The van der Waals surface area contributed by atoms with Gasteiger partial charge in [0.15, 0.2) is 9.84 Å². The fourth-order valence-electron chi connectivity index (χ4n) is 3.30. The second-order valence-corrected chi connectivity index (χ2v) is 11.1. The Morgan fingerprint density at radius 1 is 0.781 bits per heavy atom. The molecule has 9 heteroatoms. The Morgan fingerprint density at radius 3 is 1.84 bits per heavy atom. The van der Waals surface area contributed by atoms with Gasteiger partial charge in [-0.3, -0.25) is 4.18 Å². The van der Waals surface area contributed by atoms with Crippen LogP contribution in [0.5, 0.6) is 0 Å². The van der Waals surface area contributed by atoms with Crippen LogP contribution in [0.2, 0.25) is 0 Å². The van der Waals surface area contributed by atoms with Crippen molar-refractivity contribution in [2.24, 2.45) is 0 Å². The van der Waals surface area contributed by atoms with Crippen molar-refractivity contribution >= 4 is 20.0 Å². The summed E-state index contributed by atoms with van der Waals surface area (Å²) in [7, 11) is -7.42. The van der Waals surface area contributed by atoms with Gasteiger partial charge in [0.2, 0.25) is 0 Å². The van der Waals surface area contributed by atoms with E-state index in [9.17, 15) is 25.6 Å². The van der Waals surface area contributed by atoms with Gasteiger partial charge in [0.25, 0.3) is 10.1 Å². The highest BCUT2D eigenvalue weighted by molar-refractivity contribution is 7.90. The van der Waals surface area contributed by atoms with Gasteiger partial charge < -0.3 is 0 Å². The van der Waals surface area contributed by atoms with Gasteiger partial charge in [0.1, 0.15) is 11.6 Å². The van der Waals surface area contributed by atoms with Crippen LogP contribution in [0.15, 0.2) is 76.5 Å². The van der Waals surface area contributed by atoms with E-state index in [2.05, 4.69) is 0 Å². The highest BCUT2D eigenvalue weighted by Gasteiger charge is 2.20. The van der Waals surface area contributed by atoms with Crippen LogP contribution in [0.25, 0.3) is 0 Å². The molecule has 0 spiro atoms. The Labute approximate surface area is 186 Å². The molecule has 0 aromatic heterocycles. The van der Waals surface area contributed by atoms with Crippen LogP contribution in [-0.2, 0) is 24.1 Å². The normalized spacial score (nSPS) is 13.1. The molecule has 0 fully saturated rings. The number of benzene rings is 3. The molecule has 1 atom stereocenters. The summed E-state index contributed by atoms with van der Waals surface area (Å²) in [4.78, 5) is 0.109. The third kappa shape index (κ3) is 5.99. The Bertz CT molecular complexity index is 1280. The van der Waals surface area contributed by atoms with Crippen molar-refractivity contribution in [1.29, 1.82) is 0 Å². The summed E-state index contributed by atoms with van der Waals surface area (Å²) < 4.78 is 81.2. The average molecular weight is 481 g/mol. The maximum absolute atomic E-state index is 13.8. The van der Waals surface area contributed by atoms with E-state index in [-0.39, 0.29) is 28.4 Å². The zero-order valence-electron chi connectivity index (χ0n) is 17.5. The van der Waals surface area contributed by atoms with E-state index in [1.165, 1.54) is 24.3 Å². The first-order valence-corrected chi connectivity index (χ1v) is 13.0. The van der Waals surface area contributed by atoms with Crippen LogP contribution in [0.1, 0.15) is 29.0 Å². The number of rotatable bonds is 8. The smallest absolute Gasteiger partial charge is 0.266 e. The predicted octanol–water partition coefficient (Wildman–Crippen LogP) is 4.60. The molecule has 0 saturated heterocycles. The minimum absolute atomic E-state index is 0.00829.